The SMILES string of the molecule is CCC(C)Nc1nc2ccc(Br)cn2n1. The number of halogens is 1. The lowest BCUT2D eigenvalue weighted by molar-refractivity contribution is 0.751. The number of rotatable bonds is 3. The van der Waals surface area contributed by atoms with E-state index in [-0.39, 0.29) is 0 Å². The van der Waals surface area contributed by atoms with Gasteiger partial charge < -0.3 is 5.32 Å². The molecule has 1 unspecified atom stereocenters. The lowest BCUT2D eigenvalue weighted by Gasteiger charge is -2.07. The zero-order chi connectivity index (χ0) is 10.8. The van der Waals surface area contributed by atoms with Gasteiger partial charge >= 0.3 is 0 Å². The number of fused-ring (bicyclic) bond motifs is 1. The van der Waals surface area contributed by atoms with Gasteiger partial charge in [-0.2, -0.15) is 4.98 Å². The summed E-state index contributed by atoms with van der Waals surface area (Å²) in [4.78, 5) is 4.36. The molecule has 0 bridgehead atoms. The van der Waals surface area contributed by atoms with E-state index in [1.807, 2.05) is 18.3 Å². The molecular weight excluding hydrogens is 256 g/mol. The van der Waals surface area contributed by atoms with Crippen molar-refractivity contribution in [2.45, 2.75) is 26.3 Å². The largest absolute Gasteiger partial charge is 0.350 e. The van der Waals surface area contributed by atoms with Gasteiger partial charge in [0.15, 0.2) is 5.65 Å². The lowest BCUT2D eigenvalue weighted by Crippen LogP contribution is -2.14. The highest BCUT2D eigenvalue weighted by Gasteiger charge is 2.05. The first-order chi connectivity index (χ1) is 7.19. The summed E-state index contributed by atoms with van der Waals surface area (Å²) in [5.41, 5.74) is 0.851. The number of anilines is 1. The molecule has 2 aromatic rings. The molecule has 0 amide bonds. The maximum absolute atomic E-state index is 4.36. The fourth-order valence-corrected chi connectivity index (χ4v) is 1.57. The molecule has 15 heavy (non-hydrogen) atoms. The van der Waals surface area contributed by atoms with Crippen molar-refractivity contribution >= 4 is 27.5 Å². The van der Waals surface area contributed by atoms with Crippen molar-refractivity contribution in [3.63, 3.8) is 0 Å². The van der Waals surface area contributed by atoms with Crippen LogP contribution in [0.4, 0.5) is 5.95 Å². The first-order valence-corrected chi connectivity index (χ1v) is 5.77. The summed E-state index contributed by atoms with van der Waals surface area (Å²) in [5, 5.41) is 7.57. The molecule has 0 aliphatic rings. The molecule has 5 heteroatoms. The van der Waals surface area contributed by atoms with Gasteiger partial charge in [0, 0.05) is 16.7 Å². The summed E-state index contributed by atoms with van der Waals surface area (Å²) < 4.78 is 2.75. The van der Waals surface area contributed by atoms with Crippen LogP contribution in [0.3, 0.4) is 0 Å². The average molecular weight is 269 g/mol. The smallest absolute Gasteiger partial charge is 0.243 e. The maximum Gasteiger partial charge on any atom is 0.243 e. The summed E-state index contributed by atoms with van der Waals surface area (Å²) in [6.45, 7) is 4.24. The summed E-state index contributed by atoms with van der Waals surface area (Å²) >= 11 is 3.40. The van der Waals surface area contributed by atoms with E-state index in [0.29, 0.717) is 12.0 Å². The molecule has 0 fully saturated rings. The highest BCUT2D eigenvalue weighted by Crippen LogP contribution is 2.12. The average Bonchev–Trinajstić information content (AvgIpc) is 2.59. The van der Waals surface area contributed by atoms with Crippen LogP contribution in [0, 0.1) is 0 Å². The highest BCUT2D eigenvalue weighted by atomic mass is 79.9. The first-order valence-electron chi connectivity index (χ1n) is 4.97. The molecule has 0 aromatic carbocycles. The third-order valence-corrected chi connectivity index (χ3v) is 2.75. The van der Waals surface area contributed by atoms with Crippen molar-refractivity contribution in [3.05, 3.63) is 22.8 Å². The zero-order valence-electron chi connectivity index (χ0n) is 8.74. The monoisotopic (exact) mass is 268 g/mol. The Morgan fingerprint density at radius 2 is 2.33 bits per heavy atom. The molecule has 4 nitrogen and oxygen atoms in total. The quantitative estimate of drug-likeness (QED) is 0.931. The van der Waals surface area contributed by atoms with Crippen LogP contribution >= 0.6 is 15.9 Å². The summed E-state index contributed by atoms with van der Waals surface area (Å²) in [7, 11) is 0. The van der Waals surface area contributed by atoms with E-state index in [4.69, 9.17) is 0 Å². The minimum absolute atomic E-state index is 0.394. The Labute approximate surface area is 96.8 Å². The standard InChI is InChI=1S/C10H13BrN4/c1-3-7(2)12-10-13-9-5-4-8(11)6-15(9)14-10/h4-7H,3H2,1-2H3,(H,12,14). The Hall–Kier alpha value is -1.10. The first kappa shape index (κ1) is 10.4. The third kappa shape index (κ3) is 2.28. The van der Waals surface area contributed by atoms with Crippen molar-refractivity contribution in [2.75, 3.05) is 5.32 Å². The van der Waals surface area contributed by atoms with Gasteiger partial charge in [0.1, 0.15) is 0 Å². The third-order valence-electron chi connectivity index (χ3n) is 2.28. The molecule has 2 rings (SSSR count). The van der Waals surface area contributed by atoms with Gasteiger partial charge in [0.2, 0.25) is 5.95 Å². The van der Waals surface area contributed by atoms with E-state index in [9.17, 15) is 0 Å². The van der Waals surface area contributed by atoms with Crippen LogP contribution in [0.5, 0.6) is 0 Å². The van der Waals surface area contributed by atoms with E-state index < -0.39 is 0 Å². The second-order valence-electron chi connectivity index (χ2n) is 3.54. The van der Waals surface area contributed by atoms with Crippen molar-refractivity contribution in [2.24, 2.45) is 0 Å². The molecule has 0 radical (unpaired) electrons. The van der Waals surface area contributed by atoms with Crippen LogP contribution in [0.2, 0.25) is 0 Å². The topological polar surface area (TPSA) is 42.2 Å². The molecule has 80 valence electrons. The molecule has 2 aromatic heterocycles. The van der Waals surface area contributed by atoms with Gasteiger partial charge in [-0.05, 0) is 41.4 Å². The van der Waals surface area contributed by atoms with E-state index in [1.54, 1.807) is 4.52 Å². The van der Waals surface area contributed by atoms with Crippen LogP contribution in [0.15, 0.2) is 22.8 Å². The van der Waals surface area contributed by atoms with Gasteiger partial charge in [0.25, 0.3) is 0 Å². The fraction of sp³-hybridized carbons (Fsp3) is 0.400. The predicted molar refractivity (Wildman–Crippen MR) is 64.1 cm³/mol. The number of aromatic nitrogens is 3. The van der Waals surface area contributed by atoms with Gasteiger partial charge in [-0.1, -0.05) is 6.92 Å². The molecule has 0 aliphatic carbocycles. The molecule has 1 N–H and O–H groups in total. The van der Waals surface area contributed by atoms with E-state index in [2.05, 4.69) is 45.2 Å². The number of pyridine rings is 1. The summed E-state index contributed by atoms with van der Waals surface area (Å²) in [6, 6.07) is 4.28. The van der Waals surface area contributed by atoms with Crippen LogP contribution in [-0.2, 0) is 0 Å². The molecule has 0 saturated heterocycles. The number of nitrogens with zero attached hydrogens (tertiary/aromatic N) is 3. The van der Waals surface area contributed by atoms with Crippen LogP contribution in [0.1, 0.15) is 20.3 Å². The van der Waals surface area contributed by atoms with Crippen LogP contribution in [0.25, 0.3) is 5.65 Å². The summed E-state index contributed by atoms with van der Waals surface area (Å²) in [5.74, 6) is 0.683. The molecule has 2 heterocycles. The van der Waals surface area contributed by atoms with E-state index in [1.165, 1.54) is 0 Å². The van der Waals surface area contributed by atoms with Gasteiger partial charge in [0.05, 0.1) is 0 Å². The second kappa shape index (κ2) is 4.18. The van der Waals surface area contributed by atoms with Gasteiger partial charge in [-0.15, -0.1) is 5.10 Å². The molecule has 0 spiro atoms. The molecule has 0 aliphatic heterocycles. The Balaban J connectivity index is 2.30. The van der Waals surface area contributed by atoms with Crippen LogP contribution in [-0.4, -0.2) is 20.6 Å². The Morgan fingerprint density at radius 3 is 3.07 bits per heavy atom. The minimum Gasteiger partial charge on any atom is -0.350 e. The predicted octanol–water partition coefficient (Wildman–Crippen LogP) is 2.70. The number of hydrogen-bond donors (Lipinski definition) is 1. The fourth-order valence-electron chi connectivity index (χ4n) is 1.24. The van der Waals surface area contributed by atoms with Crippen molar-refractivity contribution in [3.8, 4) is 0 Å². The van der Waals surface area contributed by atoms with Crippen molar-refractivity contribution in [1.29, 1.82) is 0 Å². The highest BCUT2D eigenvalue weighted by molar-refractivity contribution is 9.10. The Morgan fingerprint density at radius 1 is 1.53 bits per heavy atom. The number of hydrogen-bond acceptors (Lipinski definition) is 3. The maximum atomic E-state index is 4.36. The van der Waals surface area contributed by atoms with E-state index in [0.717, 1.165) is 16.5 Å². The molecule has 0 saturated carbocycles. The second-order valence-corrected chi connectivity index (χ2v) is 4.45. The normalized spacial score (nSPS) is 13.0. The van der Waals surface area contributed by atoms with E-state index >= 15 is 0 Å². The Kier molecular flexibility index (Phi) is 2.90. The summed E-state index contributed by atoms with van der Waals surface area (Å²) in [6.07, 6.45) is 2.95. The Bertz CT molecular complexity index is 465. The number of nitrogens with one attached hydrogen (secondary N) is 1. The van der Waals surface area contributed by atoms with Crippen LogP contribution < -0.4 is 5.32 Å². The van der Waals surface area contributed by atoms with Crippen molar-refractivity contribution < 1.29 is 0 Å². The molecular formula is C10H13BrN4. The molecule has 1 atom stereocenters. The van der Waals surface area contributed by atoms with Gasteiger partial charge in [-0.3, -0.25) is 0 Å². The zero-order valence-corrected chi connectivity index (χ0v) is 10.3. The minimum atomic E-state index is 0.394. The lowest BCUT2D eigenvalue weighted by atomic mass is 10.3. The van der Waals surface area contributed by atoms with Gasteiger partial charge in [-0.25, -0.2) is 4.52 Å². The van der Waals surface area contributed by atoms with Crippen molar-refractivity contribution in [1.82, 2.24) is 14.6 Å².